The van der Waals surface area contributed by atoms with Crippen molar-refractivity contribution in [3.63, 3.8) is 0 Å². The topological polar surface area (TPSA) is 46.2 Å². The zero-order chi connectivity index (χ0) is 15.1. The molecule has 0 rings (SSSR count). The molecule has 1 unspecified atom stereocenters. The van der Waals surface area contributed by atoms with Gasteiger partial charge >= 0.3 is 0 Å². The summed E-state index contributed by atoms with van der Waals surface area (Å²) in [6, 6.07) is 0. The number of unbranched alkanes of at least 4 members (excludes halogenated alkanes) is 10. The highest BCUT2D eigenvalue weighted by molar-refractivity contribution is 4.83. The van der Waals surface area contributed by atoms with Gasteiger partial charge in [0.1, 0.15) is 0 Å². The summed E-state index contributed by atoms with van der Waals surface area (Å²) in [5.74, 6) is 0. The molecule has 0 aliphatic rings. The molecule has 0 spiro atoms. The molecule has 0 aromatic rings. The second-order valence-corrected chi connectivity index (χ2v) is 6.56. The molecule has 1 atom stereocenters. The highest BCUT2D eigenvalue weighted by Crippen LogP contribution is 2.20. The van der Waals surface area contributed by atoms with Crippen molar-refractivity contribution in [2.24, 2.45) is 5.73 Å². The molecule has 0 heterocycles. The van der Waals surface area contributed by atoms with Crippen LogP contribution in [-0.2, 0) is 0 Å². The first kappa shape index (κ1) is 19.9. The van der Waals surface area contributed by atoms with Gasteiger partial charge in [-0.05, 0) is 12.8 Å². The average Bonchev–Trinajstić information content (AvgIpc) is 2.46. The van der Waals surface area contributed by atoms with Crippen LogP contribution in [0, 0.1) is 0 Å². The van der Waals surface area contributed by atoms with Crippen LogP contribution >= 0.6 is 0 Å². The summed E-state index contributed by atoms with van der Waals surface area (Å²) in [5.41, 5.74) is 6.01. The van der Waals surface area contributed by atoms with Crippen molar-refractivity contribution < 1.29 is 5.11 Å². The van der Waals surface area contributed by atoms with Gasteiger partial charge in [-0.3, -0.25) is 0 Å². The van der Waals surface area contributed by atoms with Gasteiger partial charge in [-0.1, -0.05) is 90.9 Å². The SMILES string of the molecule is CCCCCCCCCC(N)(CO)CCCCCCC. The van der Waals surface area contributed by atoms with E-state index < -0.39 is 0 Å². The molecule has 0 aliphatic heterocycles. The summed E-state index contributed by atoms with van der Waals surface area (Å²) in [6.45, 7) is 4.64. The second-order valence-electron chi connectivity index (χ2n) is 6.56. The molecule has 0 bridgehead atoms. The number of hydrogen-bond donors (Lipinski definition) is 2. The zero-order valence-electron chi connectivity index (χ0n) is 14.1. The van der Waals surface area contributed by atoms with Crippen LogP contribution in [-0.4, -0.2) is 17.3 Å². The summed E-state index contributed by atoms with van der Waals surface area (Å²) in [7, 11) is 0. The van der Waals surface area contributed by atoms with Gasteiger partial charge in [-0.25, -0.2) is 0 Å². The number of aliphatic hydroxyl groups is 1. The lowest BCUT2D eigenvalue weighted by Gasteiger charge is -2.27. The van der Waals surface area contributed by atoms with Gasteiger partial charge in [0.15, 0.2) is 0 Å². The summed E-state index contributed by atoms with van der Waals surface area (Å²) in [5, 5.41) is 9.54. The van der Waals surface area contributed by atoms with Crippen LogP contribution in [0.2, 0.25) is 0 Å². The number of aliphatic hydroxyl groups excluding tert-OH is 1. The van der Waals surface area contributed by atoms with Crippen molar-refractivity contribution in [1.29, 1.82) is 0 Å². The summed E-state index contributed by atoms with van der Waals surface area (Å²) in [4.78, 5) is 0. The molecule has 0 amide bonds. The van der Waals surface area contributed by atoms with E-state index in [1.807, 2.05) is 0 Å². The van der Waals surface area contributed by atoms with Crippen LogP contribution in [0.25, 0.3) is 0 Å². The smallest absolute Gasteiger partial charge is 0.0611 e. The second kappa shape index (κ2) is 13.9. The Bertz CT molecular complexity index is 196. The Hall–Kier alpha value is -0.0800. The van der Waals surface area contributed by atoms with E-state index in [9.17, 15) is 5.11 Å². The first-order valence-corrected chi connectivity index (χ1v) is 9.08. The van der Waals surface area contributed by atoms with Gasteiger partial charge in [0.05, 0.1) is 6.61 Å². The van der Waals surface area contributed by atoms with Crippen LogP contribution in [0.1, 0.15) is 104 Å². The minimum atomic E-state index is -0.310. The Balaban J connectivity index is 3.56. The van der Waals surface area contributed by atoms with Gasteiger partial charge in [-0.2, -0.15) is 0 Å². The Kier molecular flexibility index (Phi) is 13.8. The molecule has 0 aliphatic carbocycles. The third-order valence-electron chi connectivity index (χ3n) is 4.37. The first-order valence-electron chi connectivity index (χ1n) is 9.08. The van der Waals surface area contributed by atoms with Crippen LogP contribution in [0.5, 0.6) is 0 Å². The lowest BCUT2D eigenvalue weighted by molar-refractivity contribution is 0.171. The van der Waals surface area contributed by atoms with E-state index in [2.05, 4.69) is 13.8 Å². The largest absolute Gasteiger partial charge is 0.394 e. The van der Waals surface area contributed by atoms with Crippen LogP contribution in [0.3, 0.4) is 0 Å². The first-order chi connectivity index (χ1) is 9.68. The third kappa shape index (κ3) is 11.7. The van der Waals surface area contributed by atoms with E-state index in [0.29, 0.717) is 0 Å². The zero-order valence-corrected chi connectivity index (χ0v) is 14.1. The van der Waals surface area contributed by atoms with E-state index in [0.717, 1.165) is 12.8 Å². The van der Waals surface area contributed by atoms with Gasteiger partial charge < -0.3 is 10.8 Å². The van der Waals surface area contributed by atoms with Gasteiger partial charge in [0.25, 0.3) is 0 Å². The van der Waals surface area contributed by atoms with E-state index in [1.54, 1.807) is 0 Å². The predicted molar refractivity (Wildman–Crippen MR) is 90.0 cm³/mol. The maximum Gasteiger partial charge on any atom is 0.0611 e. The fraction of sp³-hybridized carbons (Fsp3) is 1.00. The van der Waals surface area contributed by atoms with Crippen LogP contribution in [0.4, 0.5) is 0 Å². The molecule has 0 saturated heterocycles. The van der Waals surface area contributed by atoms with Crippen molar-refractivity contribution in [1.82, 2.24) is 0 Å². The molecule has 0 radical (unpaired) electrons. The molecule has 2 heteroatoms. The van der Waals surface area contributed by atoms with Crippen molar-refractivity contribution in [3.8, 4) is 0 Å². The number of rotatable bonds is 15. The molecule has 122 valence electrons. The van der Waals surface area contributed by atoms with Crippen molar-refractivity contribution >= 4 is 0 Å². The molecule has 2 nitrogen and oxygen atoms in total. The molecular weight excluding hydrogens is 246 g/mol. The Morgan fingerprint density at radius 2 is 1.00 bits per heavy atom. The van der Waals surface area contributed by atoms with Crippen LogP contribution in [0.15, 0.2) is 0 Å². The number of hydrogen-bond acceptors (Lipinski definition) is 2. The predicted octanol–water partition coefficient (Wildman–Crippen LogP) is 5.18. The van der Waals surface area contributed by atoms with Crippen molar-refractivity contribution in [2.75, 3.05) is 6.61 Å². The van der Waals surface area contributed by atoms with E-state index >= 15 is 0 Å². The normalized spacial score (nSPS) is 14.4. The standard InChI is InChI=1S/C18H39NO/c1-3-5-7-9-10-12-14-16-18(19,17-20)15-13-11-8-6-4-2/h20H,3-17,19H2,1-2H3. The average molecular weight is 286 g/mol. The Morgan fingerprint density at radius 3 is 1.35 bits per heavy atom. The molecule has 0 aromatic heterocycles. The molecule has 0 fully saturated rings. The summed E-state index contributed by atoms with van der Waals surface area (Å²) < 4.78 is 0. The van der Waals surface area contributed by atoms with E-state index in [1.165, 1.54) is 77.0 Å². The van der Waals surface area contributed by atoms with Gasteiger partial charge in [0.2, 0.25) is 0 Å². The molecule has 0 aromatic carbocycles. The molecule has 3 N–H and O–H groups in total. The maximum absolute atomic E-state index is 9.54. The highest BCUT2D eigenvalue weighted by atomic mass is 16.3. The highest BCUT2D eigenvalue weighted by Gasteiger charge is 2.22. The van der Waals surface area contributed by atoms with Crippen molar-refractivity contribution in [3.05, 3.63) is 0 Å². The fourth-order valence-electron chi connectivity index (χ4n) is 2.80. The van der Waals surface area contributed by atoms with Gasteiger partial charge in [0, 0.05) is 5.54 Å². The third-order valence-corrected chi connectivity index (χ3v) is 4.37. The summed E-state index contributed by atoms with van der Waals surface area (Å²) >= 11 is 0. The van der Waals surface area contributed by atoms with E-state index in [-0.39, 0.29) is 12.1 Å². The summed E-state index contributed by atoms with van der Waals surface area (Å²) in [6.07, 6.45) is 17.6. The monoisotopic (exact) mass is 285 g/mol. The minimum Gasteiger partial charge on any atom is -0.394 e. The van der Waals surface area contributed by atoms with Crippen molar-refractivity contribution in [2.45, 2.75) is 109 Å². The maximum atomic E-state index is 9.54. The molecule has 20 heavy (non-hydrogen) atoms. The fourth-order valence-corrected chi connectivity index (χ4v) is 2.80. The quantitative estimate of drug-likeness (QED) is 0.407. The molecular formula is C18H39NO. The Morgan fingerprint density at radius 1 is 0.650 bits per heavy atom. The Labute approximate surface area is 127 Å². The van der Waals surface area contributed by atoms with Gasteiger partial charge in [-0.15, -0.1) is 0 Å². The minimum absolute atomic E-state index is 0.149. The lowest BCUT2D eigenvalue weighted by atomic mass is 9.88. The van der Waals surface area contributed by atoms with E-state index in [4.69, 9.17) is 5.73 Å². The number of nitrogens with two attached hydrogens (primary N) is 1. The van der Waals surface area contributed by atoms with Crippen LogP contribution < -0.4 is 5.73 Å². The molecule has 0 saturated carbocycles. The lowest BCUT2D eigenvalue weighted by Crippen LogP contribution is -2.43.